The molecular weight excluding hydrogens is 436 g/mol. The molecule has 1 aliphatic heterocycles. The van der Waals surface area contributed by atoms with Crippen molar-refractivity contribution in [3.8, 4) is 5.75 Å². The van der Waals surface area contributed by atoms with Crippen molar-refractivity contribution in [1.29, 1.82) is 0 Å². The Morgan fingerprint density at radius 3 is 2.38 bits per heavy atom. The molecule has 3 amide bonds. The molecule has 1 heterocycles. The zero-order valence-electron chi connectivity index (χ0n) is 17.2. The molecule has 2 aromatic carbocycles. The van der Waals surface area contributed by atoms with E-state index in [1.165, 1.54) is 4.90 Å². The molecule has 8 nitrogen and oxygen atoms in total. The zero-order chi connectivity index (χ0) is 23.3. The second kappa shape index (κ2) is 10.1. The highest BCUT2D eigenvalue weighted by molar-refractivity contribution is 6.31. The van der Waals surface area contributed by atoms with Crippen molar-refractivity contribution in [3.05, 3.63) is 71.3 Å². The lowest BCUT2D eigenvalue weighted by Gasteiger charge is -2.26. The Bertz CT molecular complexity index is 1050. The Hall–Kier alpha value is -3.65. The lowest BCUT2D eigenvalue weighted by molar-refractivity contribution is -0.135. The van der Waals surface area contributed by atoms with Crippen LogP contribution in [0.15, 0.2) is 60.7 Å². The number of carboxylic acid groups (broad SMARTS) is 1. The fourth-order valence-electron chi connectivity index (χ4n) is 3.42. The summed E-state index contributed by atoms with van der Waals surface area (Å²) < 4.78 is 5.13. The third-order valence-corrected chi connectivity index (χ3v) is 5.29. The Kier molecular flexibility index (Phi) is 7.27. The van der Waals surface area contributed by atoms with Crippen LogP contribution in [-0.4, -0.2) is 53.4 Å². The van der Waals surface area contributed by atoms with Gasteiger partial charge in [0.25, 0.3) is 5.91 Å². The van der Waals surface area contributed by atoms with Crippen LogP contribution in [-0.2, 0) is 25.6 Å². The van der Waals surface area contributed by atoms with Crippen molar-refractivity contribution < 1.29 is 29.0 Å². The summed E-state index contributed by atoms with van der Waals surface area (Å²) in [4.78, 5) is 51.6. The number of rotatable bonds is 8. The molecule has 3 rings (SSSR count). The second-order valence-electron chi connectivity index (χ2n) is 7.07. The molecule has 0 saturated carbocycles. The van der Waals surface area contributed by atoms with Crippen molar-refractivity contribution >= 4 is 41.0 Å². The number of aliphatic carboxylic acids is 1. The third kappa shape index (κ3) is 5.33. The van der Waals surface area contributed by atoms with Gasteiger partial charge in [0.1, 0.15) is 11.8 Å². The van der Waals surface area contributed by atoms with E-state index < -0.39 is 29.7 Å². The maximum atomic E-state index is 13.1. The minimum Gasteiger partial charge on any atom is -0.497 e. The van der Waals surface area contributed by atoms with Gasteiger partial charge in [-0.1, -0.05) is 23.7 Å². The monoisotopic (exact) mass is 456 g/mol. The summed E-state index contributed by atoms with van der Waals surface area (Å²) in [6.07, 6.45) is 1.80. The number of carbonyl (C=O) groups excluding carboxylic acids is 3. The van der Waals surface area contributed by atoms with Gasteiger partial charge in [0.2, 0.25) is 11.8 Å². The first-order valence-corrected chi connectivity index (χ1v) is 10.1. The van der Waals surface area contributed by atoms with Crippen LogP contribution in [0.1, 0.15) is 12.0 Å². The van der Waals surface area contributed by atoms with E-state index in [9.17, 15) is 19.2 Å². The van der Waals surface area contributed by atoms with Crippen LogP contribution in [0.5, 0.6) is 5.75 Å². The van der Waals surface area contributed by atoms with Crippen LogP contribution < -0.4 is 9.64 Å². The summed E-state index contributed by atoms with van der Waals surface area (Å²) in [5.74, 6) is -2.27. The lowest BCUT2D eigenvalue weighted by Crippen LogP contribution is -2.45. The summed E-state index contributed by atoms with van der Waals surface area (Å²) in [7, 11) is 1.55. The first-order valence-electron chi connectivity index (χ1n) is 9.77. The van der Waals surface area contributed by atoms with E-state index in [-0.39, 0.29) is 13.0 Å². The van der Waals surface area contributed by atoms with E-state index in [0.29, 0.717) is 29.0 Å². The molecule has 0 aliphatic carbocycles. The quantitative estimate of drug-likeness (QED) is 0.483. The number of imide groups is 1. The number of hydrogen-bond donors (Lipinski definition) is 1. The SMILES string of the molecule is COc1ccc(CCN(C(=O)/C=C/C(=O)O)[C@H]2CC(=O)N(c3ccc(Cl)cc3)C2=O)cc1. The topological polar surface area (TPSA) is 104 Å². The van der Waals surface area contributed by atoms with E-state index in [4.69, 9.17) is 21.4 Å². The summed E-state index contributed by atoms with van der Waals surface area (Å²) >= 11 is 5.89. The van der Waals surface area contributed by atoms with Crippen LogP contribution in [0.4, 0.5) is 5.69 Å². The molecule has 1 atom stereocenters. The molecule has 1 aliphatic rings. The van der Waals surface area contributed by atoms with Gasteiger partial charge in [0, 0.05) is 23.7 Å². The van der Waals surface area contributed by atoms with Gasteiger partial charge in [0.05, 0.1) is 19.2 Å². The third-order valence-electron chi connectivity index (χ3n) is 5.04. The second-order valence-corrected chi connectivity index (χ2v) is 7.50. The summed E-state index contributed by atoms with van der Waals surface area (Å²) in [5, 5.41) is 9.32. The van der Waals surface area contributed by atoms with Crippen LogP contribution in [0.3, 0.4) is 0 Å². The van der Waals surface area contributed by atoms with Gasteiger partial charge in [-0.15, -0.1) is 0 Å². The van der Waals surface area contributed by atoms with Gasteiger partial charge in [-0.3, -0.25) is 14.4 Å². The smallest absolute Gasteiger partial charge is 0.328 e. The number of carboxylic acids is 1. The molecular formula is C23H21ClN2O6. The summed E-state index contributed by atoms with van der Waals surface area (Å²) in [6.45, 7) is 0.118. The maximum Gasteiger partial charge on any atom is 0.328 e. The Morgan fingerprint density at radius 2 is 1.78 bits per heavy atom. The number of halogens is 1. The number of carbonyl (C=O) groups is 4. The Morgan fingerprint density at radius 1 is 1.12 bits per heavy atom. The van der Waals surface area contributed by atoms with Gasteiger partial charge in [-0.05, 0) is 48.4 Å². The van der Waals surface area contributed by atoms with Crippen LogP contribution in [0.25, 0.3) is 0 Å². The zero-order valence-corrected chi connectivity index (χ0v) is 18.0. The molecule has 1 fully saturated rings. The molecule has 166 valence electrons. The molecule has 1 saturated heterocycles. The number of benzene rings is 2. The molecule has 0 aromatic heterocycles. The molecule has 0 bridgehead atoms. The van der Waals surface area contributed by atoms with Gasteiger partial charge in [-0.2, -0.15) is 0 Å². The number of nitrogens with zero attached hydrogens (tertiary/aromatic N) is 2. The average Bonchev–Trinajstić information content (AvgIpc) is 3.07. The van der Waals surface area contributed by atoms with Crippen molar-refractivity contribution in [2.24, 2.45) is 0 Å². The van der Waals surface area contributed by atoms with Crippen molar-refractivity contribution in [3.63, 3.8) is 0 Å². The van der Waals surface area contributed by atoms with Gasteiger partial charge in [0.15, 0.2) is 0 Å². The Balaban J connectivity index is 1.83. The first kappa shape index (κ1) is 23.0. The summed E-state index contributed by atoms with van der Waals surface area (Å²) in [6, 6.07) is 12.4. The van der Waals surface area contributed by atoms with E-state index >= 15 is 0 Å². The van der Waals surface area contributed by atoms with E-state index in [1.807, 2.05) is 12.1 Å². The lowest BCUT2D eigenvalue weighted by atomic mass is 10.1. The Labute approximate surface area is 189 Å². The maximum absolute atomic E-state index is 13.1. The molecule has 2 aromatic rings. The molecule has 0 radical (unpaired) electrons. The average molecular weight is 457 g/mol. The van der Waals surface area contributed by atoms with E-state index in [1.54, 1.807) is 43.5 Å². The minimum atomic E-state index is -1.29. The first-order chi connectivity index (χ1) is 15.3. The van der Waals surface area contributed by atoms with Crippen LogP contribution >= 0.6 is 11.6 Å². The number of anilines is 1. The van der Waals surface area contributed by atoms with Crippen molar-refractivity contribution in [2.45, 2.75) is 18.9 Å². The highest BCUT2D eigenvalue weighted by Crippen LogP contribution is 2.27. The summed E-state index contributed by atoms with van der Waals surface area (Å²) in [5.41, 5.74) is 1.24. The van der Waals surface area contributed by atoms with Crippen molar-refractivity contribution in [1.82, 2.24) is 4.90 Å². The number of amides is 3. The number of hydrogen-bond acceptors (Lipinski definition) is 5. The minimum absolute atomic E-state index is 0.118. The normalized spacial score (nSPS) is 15.9. The van der Waals surface area contributed by atoms with Gasteiger partial charge >= 0.3 is 5.97 Å². The van der Waals surface area contributed by atoms with Crippen LogP contribution in [0, 0.1) is 0 Å². The van der Waals surface area contributed by atoms with Gasteiger partial charge in [-0.25, -0.2) is 9.69 Å². The fraction of sp³-hybridized carbons (Fsp3) is 0.217. The molecule has 32 heavy (non-hydrogen) atoms. The molecule has 0 unspecified atom stereocenters. The standard InChI is InChI=1S/C23H21ClN2O6/c1-32-18-8-2-15(3-9-18)12-13-25(20(27)10-11-22(29)30)19-14-21(28)26(23(19)31)17-6-4-16(24)5-7-17/h2-11,19H,12-14H2,1H3,(H,29,30)/b11-10+/t19-/m0/s1. The predicted molar refractivity (Wildman–Crippen MR) is 118 cm³/mol. The van der Waals surface area contributed by atoms with E-state index in [0.717, 1.165) is 16.5 Å². The van der Waals surface area contributed by atoms with E-state index in [2.05, 4.69) is 0 Å². The molecule has 9 heteroatoms. The highest BCUT2D eigenvalue weighted by atomic mass is 35.5. The fourth-order valence-corrected chi connectivity index (χ4v) is 3.55. The molecule has 1 N–H and O–H groups in total. The van der Waals surface area contributed by atoms with Gasteiger partial charge < -0.3 is 14.7 Å². The number of ether oxygens (including phenoxy) is 1. The van der Waals surface area contributed by atoms with Crippen LogP contribution in [0.2, 0.25) is 5.02 Å². The van der Waals surface area contributed by atoms with Crippen molar-refractivity contribution in [2.75, 3.05) is 18.6 Å². The molecule has 0 spiro atoms. The number of methoxy groups -OCH3 is 1. The highest BCUT2D eigenvalue weighted by Gasteiger charge is 2.43. The predicted octanol–water partition coefficient (Wildman–Crippen LogP) is 2.69. The largest absolute Gasteiger partial charge is 0.497 e.